The summed E-state index contributed by atoms with van der Waals surface area (Å²) in [6.45, 7) is 12.0. The Bertz CT molecular complexity index is 719. The number of phenolic OH excluding ortho intramolecular Hbond substituents is 1. The molecule has 0 spiro atoms. The van der Waals surface area contributed by atoms with Crippen molar-refractivity contribution in [1.82, 2.24) is 5.32 Å². The average Bonchev–Trinajstić information content (AvgIpc) is 2.68. The quantitative estimate of drug-likeness (QED) is 0.397. The molecule has 1 heterocycles. The van der Waals surface area contributed by atoms with Gasteiger partial charge in [0.15, 0.2) is 0 Å². The van der Waals surface area contributed by atoms with Gasteiger partial charge in [-0.1, -0.05) is 46.5 Å². The fourth-order valence-corrected chi connectivity index (χ4v) is 5.73. The molecule has 0 saturated heterocycles. The van der Waals surface area contributed by atoms with Crippen molar-refractivity contribution in [2.45, 2.75) is 109 Å². The minimum Gasteiger partial charge on any atom is -0.508 e. The third-order valence-corrected chi connectivity index (χ3v) is 7.59. The summed E-state index contributed by atoms with van der Waals surface area (Å²) in [6.07, 6.45) is 9.29. The summed E-state index contributed by atoms with van der Waals surface area (Å²) in [5.41, 5.74) is 1.95. The van der Waals surface area contributed by atoms with Gasteiger partial charge in [0, 0.05) is 24.1 Å². The van der Waals surface area contributed by atoms with Crippen molar-refractivity contribution in [3.8, 4) is 11.5 Å². The number of phenols is 1. The Kier molecular flexibility index (Phi) is 9.13. The molecule has 5 heteroatoms. The zero-order chi connectivity index (χ0) is 21.9. The van der Waals surface area contributed by atoms with Gasteiger partial charge in [-0.3, -0.25) is 0 Å². The summed E-state index contributed by atoms with van der Waals surface area (Å²) in [6, 6.07) is 4.59. The molecular formula is C26H44ClNO3. The van der Waals surface area contributed by atoms with Crippen molar-refractivity contribution in [3.63, 3.8) is 0 Å². The van der Waals surface area contributed by atoms with Crippen LogP contribution in [0.3, 0.4) is 0 Å². The van der Waals surface area contributed by atoms with Gasteiger partial charge < -0.3 is 20.3 Å². The van der Waals surface area contributed by atoms with E-state index in [1.54, 1.807) is 0 Å². The highest BCUT2D eigenvalue weighted by atomic mass is 35.5. The molecule has 178 valence electrons. The van der Waals surface area contributed by atoms with Crippen molar-refractivity contribution in [2.75, 3.05) is 13.2 Å². The van der Waals surface area contributed by atoms with E-state index in [9.17, 15) is 10.2 Å². The SMILES string of the molecule is CCCCCCC(C)(C)c1cc(O)c2c(c1)OC(C)(C)[C@@H]1CCC(NCCO)C[C@@H]21.Cl. The van der Waals surface area contributed by atoms with Crippen LogP contribution in [-0.4, -0.2) is 35.0 Å². The first-order chi connectivity index (χ1) is 14.2. The third-order valence-electron chi connectivity index (χ3n) is 7.59. The lowest BCUT2D eigenvalue weighted by molar-refractivity contribution is -0.0124. The van der Waals surface area contributed by atoms with E-state index in [-0.39, 0.29) is 35.9 Å². The van der Waals surface area contributed by atoms with Gasteiger partial charge in [-0.25, -0.2) is 0 Å². The highest BCUT2D eigenvalue weighted by Crippen LogP contribution is 2.55. The Morgan fingerprint density at radius 2 is 1.90 bits per heavy atom. The fourth-order valence-electron chi connectivity index (χ4n) is 5.73. The monoisotopic (exact) mass is 453 g/mol. The van der Waals surface area contributed by atoms with Gasteiger partial charge in [-0.15, -0.1) is 12.4 Å². The summed E-state index contributed by atoms with van der Waals surface area (Å²) < 4.78 is 6.54. The number of rotatable bonds is 9. The van der Waals surface area contributed by atoms with E-state index in [1.165, 1.54) is 31.2 Å². The fraction of sp³-hybridized carbons (Fsp3) is 0.769. The zero-order valence-electron chi connectivity index (χ0n) is 20.2. The van der Waals surface area contributed by atoms with E-state index in [1.807, 2.05) is 6.07 Å². The Hall–Kier alpha value is -0.970. The normalized spacial score (nSPS) is 24.5. The number of aliphatic hydroxyl groups excluding tert-OH is 1. The van der Waals surface area contributed by atoms with Gasteiger partial charge in [-0.2, -0.15) is 0 Å². The maximum absolute atomic E-state index is 11.1. The number of ether oxygens (including phenoxy) is 1. The molecule has 1 aliphatic carbocycles. The van der Waals surface area contributed by atoms with Crippen LogP contribution in [0.25, 0.3) is 0 Å². The van der Waals surface area contributed by atoms with Crippen molar-refractivity contribution in [1.29, 1.82) is 0 Å². The van der Waals surface area contributed by atoms with Crippen LogP contribution in [0.1, 0.15) is 103 Å². The molecule has 2 aliphatic rings. The molecule has 31 heavy (non-hydrogen) atoms. The molecule has 0 bridgehead atoms. The predicted molar refractivity (Wildman–Crippen MR) is 131 cm³/mol. The molecule has 1 aliphatic heterocycles. The van der Waals surface area contributed by atoms with Crippen LogP contribution < -0.4 is 10.1 Å². The lowest BCUT2D eigenvalue weighted by atomic mass is 9.65. The van der Waals surface area contributed by atoms with Crippen molar-refractivity contribution < 1.29 is 14.9 Å². The van der Waals surface area contributed by atoms with E-state index >= 15 is 0 Å². The molecule has 0 aromatic heterocycles. The lowest BCUT2D eigenvalue weighted by Gasteiger charge is -2.49. The number of halogens is 1. The van der Waals surface area contributed by atoms with Crippen LogP contribution in [0.2, 0.25) is 0 Å². The summed E-state index contributed by atoms with van der Waals surface area (Å²) >= 11 is 0. The average molecular weight is 454 g/mol. The van der Waals surface area contributed by atoms with Gasteiger partial charge in [0.25, 0.3) is 0 Å². The maximum atomic E-state index is 11.1. The molecule has 3 N–H and O–H groups in total. The van der Waals surface area contributed by atoms with Gasteiger partial charge >= 0.3 is 0 Å². The number of hydrogen-bond donors (Lipinski definition) is 3. The van der Waals surface area contributed by atoms with Crippen LogP contribution in [0.15, 0.2) is 12.1 Å². The second-order valence-corrected chi connectivity index (χ2v) is 10.7. The molecule has 1 aromatic rings. The van der Waals surface area contributed by atoms with E-state index < -0.39 is 0 Å². The van der Waals surface area contributed by atoms with Crippen molar-refractivity contribution >= 4 is 12.4 Å². The highest BCUT2D eigenvalue weighted by molar-refractivity contribution is 5.85. The Labute approximate surface area is 195 Å². The van der Waals surface area contributed by atoms with E-state index in [2.05, 4.69) is 46.0 Å². The molecule has 4 nitrogen and oxygen atoms in total. The molecule has 0 amide bonds. The minimum absolute atomic E-state index is 0. The van der Waals surface area contributed by atoms with Crippen molar-refractivity contribution in [2.24, 2.45) is 5.92 Å². The Morgan fingerprint density at radius 3 is 2.58 bits per heavy atom. The number of fused-ring (bicyclic) bond motifs is 3. The maximum Gasteiger partial charge on any atom is 0.127 e. The van der Waals surface area contributed by atoms with Crippen LogP contribution in [0.5, 0.6) is 11.5 Å². The van der Waals surface area contributed by atoms with Crippen LogP contribution in [0, 0.1) is 5.92 Å². The highest BCUT2D eigenvalue weighted by Gasteiger charge is 2.47. The third kappa shape index (κ3) is 5.89. The van der Waals surface area contributed by atoms with E-state index in [4.69, 9.17) is 4.74 Å². The number of nitrogens with one attached hydrogen (secondary N) is 1. The van der Waals surface area contributed by atoms with Crippen LogP contribution in [0.4, 0.5) is 0 Å². The van der Waals surface area contributed by atoms with E-state index in [0.29, 0.717) is 24.3 Å². The summed E-state index contributed by atoms with van der Waals surface area (Å²) in [7, 11) is 0. The molecule has 1 unspecified atom stereocenters. The summed E-state index contributed by atoms with van der Waals surface area (Å²) in [5, 5.41) is 23.8. The Balaban J connectivity index is 0.00000341. The first-order valence-corrected chi connectivity index (χ1v) is 12.1. The zero-order valence-corrected chi connectivity index (χ0v) is 21.0. The van der Waals surface area contributed by atoms with Crippen molar-refractivity contribution in [3.05, 3.63) is 23.3 Å². The molecule has 0 radical (unpaired) electrons. The number of unbranched alkanes of at least 4 members (excludes halogenated alkanes) is 3. The molecule has 1 saturated carbocycles. The summed E-state index contributed by atoms with van der Waals surface area (Å²) in [4.78, 5) is 0. The minimum atomic E-state index is -0.240. The number of hydrogen-bond acceptors (Lipinski definition) is 4. The topological polar surface area (TPSA) is 61.7 Å². The first-order valence-electron chi connectivity index (χ1n) is 12.1. The second-order valence-electron chi connectivity index (χ2n) is 10.7. The van der Waals surface area contributed by atoms with Gasteiger partial charge in [0.05, 0.1) is 6.61 Å². The van der Waals surface area contributed by atoms with E-state index in [0.717, 1.165) is 37.0 Å². The van der Waals surface area contributed by atoms with Gasteiger partial charge in [0.1, 0.15) is 17.1 Å². The standard InChI is InChI=1S/C26H43NO3.ClH/c1-6-7-8-9-12-25(2,3)18-15-22(29)24-20-17-19(27-13-14-28)10-11-21(20)26(4,5)30-23(24)16-18;/h15-16,19-21,27-29H,6-14,17H2,1-5H3;1H/t19?,20-,21-;/m1./s1. The molecule has 1 aromatic carbocycles. The number of benzene rings is 1. The van der Waals surface area contributed by atoms with Gasteiger partial charge in [0.2, 0.25) is 0 Å². The summed E-state index contributed by atoms with van der Waals surface area (Å²) in [5.74, 6) is 1.96. The molecule has 3 atom stereocenters. The second kappa shape index (κ2) is 10.8. The predicted octanol–water partition coefficient (Wildman–Crippen LogP) is 6.07. The lowest BCUT2D eigenvalue weighted by Crippen LogP contribution is -2.49. The smallest absolute Gasteiger partial charge is 0.127 e. The molecule has 3 rings (SSSR count). The van der Waals surface area contributed by atoms with Gasteiger partial charge in [-0.05, 0) is 68.6 Å². The van der Waals surface area contributed by atoms with Crippen LogP contribution >= 0.6 is 12.4 Å². The first kappa shape index (κ1) is 26.3. The molecular weight excluding hydrogens is 410 g/mol. The van der Waals surface area contributed by atoms with Crippen LogP contribution in [-0.2, 0) is 5.41 Å². The molecule has 1 fully saturated rings. The number of aromatic hydroxyl groups is 1. The largest absolute Gasteiger partial charge is 0.508 e. The Morgan fingerprint density at radius 1 is 1.16 bits per heavy atom. The number of aliphatic hydroxyl groups is 1.